The van der Waals surface area contributed by atoms with Gasteiger partial charge in [0.1, 0.15) is 0 Å². The van der Waals surface area contributed by atoms with E-state index in [2.05, 4.69) is 38.7 Å². The van der Waals surface area contributed by atoms with Gasteiger partial charge in [0, 0.05) is 6.42 Å². The van der Waals surface area contributed by atoms with E-state index in [-0.39, 0.29) is 17.4 Å². The lowest BCUT2D eigenvalue weighted by atomic mass is 9.78. The molecule has 0 radical (unpaired) electrons. The van der Waals surface area contributed by atoms with Crippen molar-refractivity contribution < 1.29 is 5.11 Å². The Morgan fingerprint density at radius 1 is 1.28 bits per heavy atom. The van der Waals surface area contributed by atoms with E-state index >= 15 is 0 Å². The predicted octanol–water partition coefficient (Wildman–Crippen LogP) is 3.88. The van der Waals surface area contributed by atoms with Crippen LogP contribution in [0.15, 0.2) is 24.3 Å². The first-order valence-electron chi connectivity index (χ1n) is 6.40. The van der Waals surface area contributed by atoms with Gasteiger partial charge in [0.05, 0.1) is 21.3 Å². The molecule has 1 N–H and O–H groups in total. The fraction of sp³-hybridized carbons (Fsp3) is 0.533. The first kappa shape index (κ1) is 13.5. The standard InChI is InChI=1S/C15H21NOS/c1-10(15(2,3)4)12(17)9-14-16-11-7-5-6-8-13(11)18-14/h5-8,10,12,17H,9H2,1-4H3. The summed E-state index contributed by atoms with van der Waals surface area (Å²) in [6.45, 7) is 8.61. The maximum atomic E-state index is 10.3. The number of benzene rings is 1. The van der Waals surface area contributed by atoms with Crippen LogP contribution in [0.25, 0.3) is 10.2 Å². The van der Waals surface area contributed by atoms with E-state index in [4.69, 9.17) is 0 Å². The Morgan fingerprint density at radius 2 is 1.94 bits per heavy atom. The van der Waals surface area contributed by atoms with E-state index in [1.807, 2.05) is 18.2 Å². The molecule has 1 aromatic heterocycles. The zero-order valence-corrected chi connectivity index (χ0v) is 12.3. The maximum Gasteiger partial charge on any atom is 0.0964 e. The average molecular weight is 263 g/mol. The third-order valence-electron chi connectivity index (χ3n) is 3.67. The van der Waals surface area contributed by atoms with Crippen molar-refractivity contribution in [3.63, 3.8) is 0 Å². The van der Waals surface area contributed by atoms with Crippen LogP contribution in [0, 0.1) is 11.3 Å². The number of para-hydroxylation sites is 1. The van der Waals surface area contributed by atoms with Crippen molar-refractivity contribution in [3.8, 4) is 0 Å². The van der Waals surface area contributed by atoms with Gasteiger partial charge in [-0.25, -0.2) is 4.98 Å². The Bertz CT molecular complexity index is 494. The van der Waals surface area contributed by atoms with Crippen LogP contribution < -0.4 is 0 Å². The van der Waals surface area contributed by atoms with E-state index in [0.29, 0.717) is 6.42 Å². The Morgan fingerprint density at radius 3 is 2.56 bits per heavy atom. The fourth-order valence-electron chi connectivity index (χ4n) is 1.94. The number of hydrogen-bond acceptors (Lipinski definition) is 3. The molecule has 0 saturated heterocycles. The third kappa shape index (κ3) is 2.90. The fourth-order valence-corrected chi connectivity index (χ4v) is 2.96. The molecule has 0 amide bonds. The van der Waals surface area contributed by atoms with Gasteiger partial charge >= 0.3 is 0 Å². The molecule has 0 bridgehead atoms. The number of aromatic nitrogens is 1. The normalized spacial score (nSPS) is 15.8. The van der Waals surface area contributed by atoms with Gasteiger partial charge in [0.15, 0.2) is 0 Å². The summed E-state index contributed by atoms with van der Waals surface area (Å²) in [7, 11) is 0. The molecule has 2 nitrogen and oxygen atoms in total. The van der Waals surface area contributed by atoms with Crippen LogP contribution in [0.1, 0.15) is 32.7 Å². The van der Waals surface area contributed by atoms with Crippen molar-refractivity contribution in [3.05, 3.63) is 29.3 Å². The van der Waals surface area contributed by atoms with E-state index in [1.54, 1.807) is 11.3 Å². The molecular weight excluding hydrogens is 242 g/mol. The SMILES string of the molecule is CC(C(O)Cc1nc2ccccc2s1)C(C)(C)C. The summed E-state index contributed by atoms with van der Waals surface area (Å²) < 4.78 is 1.20. The minimum atomic E-state index is -0.328. The van der Waals surface area contributed by atoms with Crippen molar-refractivity contribution in [1.82, 2.24) is 4.98 Å². The summed E-state index contributed by atoms with van der Waals surface area (Å²) >= 11 is 1.68. The Balaban J connectivity index is 2.14. The first-order valence-corrected chi connectivity index (χ1v) is 7.22. The highest BCUT2D eigenvalue weighted by Crippen LogP contribution is 2.31. The average Bonchev–Trinajstić information content (AvgIpc) is 2.68. The molecule has 2 aromatic rings. The zero-order chi connectivity index (χ0) is 13.3. The Hall–Kier alpha value is -0.930. The van der Waals surface area contributed by atoms with Crippen LogP contribution in [0.5, 0.6) is 0 Å². The predicted molar refractivity (Wildman–Crippen MR) is 77.9 cm³/mol. The molecule has 0 aliphatic heterocycles. The van der Waals surface area contributed by atoms with Gasteiger partial charge in [0.2, 0.25) is 0 Å². The van der Waals surface area contributed by atoms with Crippen molar-refractivity contribution in [2.45, 2.75) is 40.2 Å². The molecule has 2 rings (SSSR count). The van der Waals surface area contributed by atoms with Crippen molar-refractivity contribution in [1.29, 1.82) is 0 Å². The quantitative estimate of drug-likeness (QED) is 0.911. The minimum absolute atomic E-state index is 0.121. The van der Waals surface area contributed by atoms with Gasteiger partial charge in [0.25, 0.3) is 0 Å². The van der Waals surface area contributed by atoms with Crippen molar-refractivity contribution >= 4 is 21.6 Å². The molecule has 18 heavy (non-hydrogen) atoms. The summed E-state index contributed by atoms with van der Waals surface area (Å²) in [6.07, 6.45) is 0.322. The summed E-state index contributed by atoms with van der Waals surface area (Å²) in [5.74, 6) is 0.254. The zero-order valence-electron chi connectivity index (χ0n) is 11.5. The number of aliphatic hydroxyl groups excluding tert-OH is 1. The topological polar surface area (TPSA) is 33.1 Å². The van der Waals surface area contributed by atoms with E-state index in [0.717, 1.165) is 10.5 Å². The van der Waals surface area contributed by atoms with Crippen LogP contribution in [-0.4, -0.2) is 16.2 Å². The Kier molecular flexibility index (Phi) is 3.74. The molecule has 2 atom stereocenters. The number of nitrogens with zero attached hydrogens (tertiary/aromatic N) is 1. The Labute approximate surface area is 113 Å². The second-order valence-electron chi connectivity index (χ2n) is 6.00. The second-order valence-corrected chi connectivity index (χ2v) is 7.12. The minimum Gasteiger partial charge on any atom is -0.392 e. The molecule has 1 heterocycles. The lowest BCUT2D eigenvalue weighted by Gasteiger charge is -2.31. The number of thiazole rings is 1. The second kappa shape index (κ2) is 4.98. The first-order chi connectivity index (χ1) is 8.38. The van der Waals surface area contributed by atoms with E-state index in [9.17, 15) is 5.11 Å². The van der Waals surface area contributed by atoms with Gasteiger partial charge in [-0.3, -0.25) is 0 Å². The molecule has 0 fully saturated rings. The molecule has 3 heteroatoms. The molecular formula is C15H21NOS. The molecule has 2 unspecified atom stereocenters. The van der Waals surface area contributed by atoms with E-state index < -0.39 is 0 Å². The summed E-state index contributed by atoms with van der Waals surface area (Å²) in [4.78, 5) is 4.58. The van der Waals surface area contributed by atoms with Crippen LogP contribution in [0.2, 0.25) is 0 Å². The maximum absolute atomic E-state index is 10.3. The van der Waals surface area contributed by atoms with Crippen molar-refractivity contribution in [2.75, 3.05) is 0 Å². The number of rotatable bonds is 3. The lowest BCUT2D eigenvalue weighted by molar-refractivity contribution is 0.0546. The highest BCUT2D eigenvalue weighted by molar-refractivity contribution is 7.18. The van der Waals surface area contributed by atoms with Crippen molar-refractivity contribution in [2.24, 2.45) is 11.3 Å². The molecule has 98 valence electrons. The summed E-state index contributed by atoms with van der Waals surface area (Å²) in [5, 5.41) is 11.3. The number of fused-ring (bicyclic) bond motifs is 1. The monoisotopic (exact) mass is 263 g/mol. The number of aliphatic hydroxyl groups is 1. The number of hydrogen-bond donors (Lipinski definition) is 1. The smallest absolute Gasteiger partial charge is 0.0964 e. The van der Waals surface area contributed by atoms with Crippen LogP contribution in [0.4, 0.5) is 0 Å². The van der Waals surface area contributed by atoms with Crippen LogP contribution in [-0.2, 0) is 6.42 Å². The van der Waals surface area contributed by atoms with Gasteiger partial charge < -0.3 is 5.11 Å². The van der Waals surface area contributed by atoms with Gasteiger partial charge in [-0.15, -0.1) is 11.3 Å². The highest BCUT2D eigenvalue weighted by atomic mass is 32.1. The molecule has 1 aromatic carbocycles. The van der Waals surface area contributed by atoms with Crippen LogP contribution in [0.3, 0.4) is 0 Å². The molecule has 0 aliphatic rings. The van der Waals surface area contributed by atoms with Gasteiger partial charge in [-0.1, -0.05) is 39.8 Å². The van der Waals surface area contributed by atoms with E-state index in [1.165, 1.54) is 4.70 Å². The highest BCUT2D eigenvalue weighted by Gasteiger charge is 2.27. The largest absolute Gasteiger partial charge is 0.392 e. The molecule has 0 spiro atoms. The van der Waals surface area contributed by atoms with Gasteiger partial charge in [-0.2, -0.15) is 0 Å². The van der Waals surface area contributed by atoms with Crippen LogP contribution >= 0.6 is 11.3 Å². The van der Waals surface area contributed by atoms with Gasteiger partial charge in [-0.05, 0) is 23.5 Å². The lowest BCUT2D eigenvalue weighted by Crippen LogP contribution is -2.31. The molecule has 0 saturated carbocycles. The molecule has 0 aliphatic carbocycles. The third-order valence-corrected chi connectivity index (χ3v) is 4.72. The summed E-state index contributed by atoms with van der Waals surface area (Å²) in [6, 6.07) is 8.13. The summed E-state index contributed by atoms with van der Waals surface area (Å²) in [5.41, 5.74) is 1.16.